The molecule has 1 aliphatic heterocycles. The summed E-state index contributed by atoms with van der Waals surface area (Å²) in [5.41, 5.74) is 6.06. The predicted molar refractivity (Wildman–Crippen MR) is 102 cm³/mol. The van der Waals surface area contributed by atoms with E-state index in [9.17, 15) is 9.59 Å². The first-order valence-electron chi connectivity index (χ1n) is 9.12. The number of hydrogen-bond donors (Lipinski definition) is 1. The van der Waals surface area contributed by atoms with E-state index in [4.69, 9.17) is 10.5 Å². The van der Waals surface area contributed by atoms with Gasteiger partial charge in [-0.1, -0.05) is 12.1 Å². The summed E-state index contributed by atoms with van der Waals surface area (Å²) < 4.78 is 5.69. The first-order chi connectivity index (χ1) is 12.9. The number of ether oxygens (including phenoxy) is 1. The highest BCUT2D eigenvalue weighted by molar-refractivity contribution is 5.98. The van der Waals surface area contributed by atoms with Crippen molar-refractivity contribution in [3.8, 4) is 5.75 Å². The van der Waals surface area contributed by atoms with Crippen LogP contribution in [0.15, 0.2) is 36.7 Å². The Labute approximate surface area is 158 Å². The van der Waals surface area contributed by atoms with Crippen molar-refractivity contribution < 1.29 is 14.3 Å². The van der Waals surface area contributed by atoms with Crippen LogP contribution in [0.2, 0.25) is 0 Å². The van der Waals surface area contributed by atoms with E-state index in [1.807, 2.05) is 36.9 Å². The third-order valence-electron chi connectivity index (χ3n) is 4.48. The highest BCUT2D eigenvalue weighted by atomic mass is 16.5. The van der Waals surface area contributed by atoms with Crippen molar-refractivity contribution in [2.75, 3.05) is 18.0 Å². The number of anilines is 1. The molecule has 0 saturated carbocycles. The lowest BCUT2D eigenvalue weighted by atomic mass is 9.90. The smallest absolute Gasteiger partial charge is 0.268 e. The van der Waals surface area contributed by atoms with Crippen LogP contribution < -0.4 is 15.4 Å². The van der Waals surface area contributed by atoms with Gasteiger partial charge in [0, 0.05) is 24.6 Å². The molecule has 2 aromatic rings. The molecular weight excluding hydrogens is 344 g/mol. The highest BCUT2D eigenvalue weighted by Gasteiger charge is 2.28. The SMILES string of the molecule is CC(C)Oc1cccc(C(=O)[C@H]2CCCN(c3cncc(C(N)=O)n3)C2)c1. The Morgan fingerprint density at radius 1 is 1.30 bits per heavy atom. The van der Waals surface area contributed by atoms with Gasteiger partial charge in [-0.3, -0.25) is 14.6 Å². The van der Waals surface area contributed by atoms with Gasteiger partial charge in [-0.15, -0.1) is 0 Å². The van der Waals surface area contributed by atoms with Crippen molar-refractivity contribution in [2.24, 2.45) is 11.7 Å². The van der Waals surface area contributed by atoms with E-state index in [1.165, 1.54) is 6.20 Å². The van der Waals surface area contributed by atoms with Crippen LogP contribution in [0, 0.1) is 5.92 Å². The number of benzene rings is 1. The predicted octanol–water partition coefficient (Wildman–Crippen LogP) is 2.46. The molecule has 0 radical (unpaired) electrons. The summed E-state index contributed by atoms with van der Waals surface area (Å²) >= 11 is 0. The van der Waals surface area contributed by atoms with Crippen LogP contribution in [0.4, 0.5) is 5.82 Å². The highest BCUT2D eigenvalue weighted by Crippen LogP contribution is 2.26. The zero-order valence-electron chi connectivity index (χ0n) is 15.6. The molecule has 1 aliphatic rings. The number of piperidine rings is 1. The minimum Gasteiger partial charge on any atom is -0.491 e. The fraction of sp³-hybridized carbons (Fsp3) is 0.400. The summed E-state index contributed by atoms with van der Waals surface area (Å²) in [6, 6.07) is 7.32. The van der Waals surface area contributed by atoms with Crippen molar-refractivity contribution in [1.29, 1.82) is 0 Å². The van der Waals surface area contributed by atoms with E-state index in [1.54, 1.807) is 12.3 Å². The van der Waals surface area contributed by atoms with E-state index in [2.05, 4.69) is 9.97 Å². The molecule has 0 bridgehead atoms. The molecule has 1 atom stereocenters. The molecule has 0 aliphatic carbocycles. The quantitative estimate of drug-likeness (QED) is 0.787. The molecule has 2 heterocycles. The van der Waals surface area contributed by atoms with Gasteiger partial charge >= 0.3 is 0 Å². The van der Waals surface area contributed by atoms with Crippen LogP contribution in [0.3, 0.4) is 0 Å². The fourth-order valence-electron chi connectivity index (χ4n) is 3.26. The molecule has 27 heavy (non-hydrogen) atoms. The maximum absolute atomic E-state index is 13.0. The molecule has 7 heteroatoms. The number of hydrogen-bond acceptors (Lipinski definition) is 6. The lowest BCUT2D eigenvalue weighted by molar-refractivity contribution is 0.0905. The Balaban J connectivity index is 1.75. The molecule has 0 spiro atoms. The van der Waals surface area contributed by atoms with E-state index >= 15 is 0 Å². The number of primary amides is 1. The average Bonchev–Trinajstić information content (AvgIpc) is 2.67. The molecule has 2 N–H and O–H groups in total. The van der Waals surface area contributed by atoms with E-state index < -0.39 is 5.91 Å². The zero-order valence-corrected chi connectivity index (χ0v) is 15.6. The van der Waals surface area contributed by atoms with Gasteiger partial charge in [0.2, 0.25) is 0 Å². The van der Waals surface area contributed by atoms with Gasteiger partial charge in [0.15, 0.2) is 5.78 Å². The van der Waals surface area contributed by atoms with Gasteiger partial charge in [-0.25, -0.2) is 4.98 Å². The first-order valence-corrected chi connectivity index (χ1v) is 9.12. The fourth-order valence-corrected chi connectivity index (χ4v) is 3.26. The number of nitrogens with zero attached hydrogens (tertiary/aromatic N) is 3. The number of carbonyl (C=O) groups excluding carboxylic acids is 2. The van der Waals surface area contributed by atoms with Crippen LogP contribution in [0.5, 0.6) is 5.75 Å². The van der Waals surface area contributed by atoms with Crippen LogP contribution in [0.25, 0.3) is 0 Å². The largest absolute Gasteiger partial charge is 0.491 e. The third kappa shape index (κ3) is 4.61. The van der Waals surface area contributed by atoms with Gasteiger partial charge in [0.05, 0.1) is 18.5 Å². The van der Waals surface area contributed by atoms with Crippen LogP contribution in [0.1, 0.15) is 47.5 Å². The lowest BCUT2D eigenvalue weighted by Gasteiger charge is -2.32. The number of rotatable bonds is 6. The summed E-state index contributed by atoms with van der Waals surface area (Å²) in [4.78, 5) is 34.6. The molecule has 7 nitrogen and oxygen atoms in total. The van der Waals surface area contributed by atoms with Crippen molar-refractivity contribution in [3.05, 3.63) is 47.9 Å². The first kappa shape index (κ1) is 18.8. The Kier molecular flexibility index (Phi) is 5.69. The minimum absolute atomic E-state index is 0.0524. The summed E-state index contributed by atoms with van der Waals surface area (Å²) in [6.07, 6.45) is 4.67. The third-order valence-corrected chi connectivity index (χ3v) is 4.48. The second kappa shape index (κ2) is 8.16. The zero-order chi connectivity index (χ0) is 19.4. The standard InChI is InChI=1S/C20H24N4O3/c1-13(2)27-16-7-3-5-14(9-16)19(25)15-6-4-8-24(12-15)18-11-22-10-17(23-18)20(21)26/h3,5,7,9-11,13,15H,4,6,8,12H2,1-2H3,(H2,21,26)/t15-/m0/s1. The number of ketones is 1. The Morgan fingerprint density at radius 2 is 2.11 bits per heavy atom. The van der Waals surface area contributed by atoms with Crippen molar-refractivity contribution in [3.63, 3.8) is 0 Å². The number of Topliss-reactive ketones (excluding diaryl/α,β-unsaturated/α-hetero) is 1. The summed E-state index contributed by atoms with van der Waals surface area (Å²) in [7, 11) is 0. The molecule has 1 amide bonds. The molecular formula is C20H24N4O3. The van der Waals surface area contributed by atoms with Crippen LogP contribution in [-0.4, -0.2) is 40.9 Å². The van der Waals surface area contributed by atoms with Crippen LogP contribution in [-0.2, 0) is 0 Å². The molecule has 3 rings (SSSR count). The molecule has 1 aromatic heterocycles. The second-order valence-electron chi connectivity index (χ2n) is 6.97. The van der Waals surface area contributed by atoms with Crippen molar-refractivity contribution in [2.45, 2.75) is 32.8 Å². The molecule has 142 valence electrons. The number of nitrogens with two attached hydrogens (primary N) is 1. The minimum atomic E-state index is -0.615. The molecule has 1 fully saturated rings. The number of aromatic nitrogens is 2. The maximum Gasteiger partial charge on any atom is 0.268 e. The Morgan fingerprint density at radius 3 is 2.85 bits per heavy atom. The summed E-state index contributed by atoms with van der Waals surface area (Å²) in [5, 5.41) is 0. The number of amides is 1. The normalized spacial score (nSPS) is 17.0. The average molecular weight is 368 g/mol. The van der Waals surface area contributed by atoms with Crippen molar-refractivity contribution in [1.82, 2.24) is 9.97 Å². The Bertz CT molecular complexity index is 837. The van der Waals surface area contributed by atoms with Gasteiger partial charge in [-0.2, -0.15) is 0 Å². The van der Waals surface area contributed by atoms with Gasteiger partial charge in [0.25, 0.3) is 5.91 Å². The summed E-state index contributed by atoms with van der Waals surface area (Å²) in [6.45, 7) is 5.20. The van der Waals surface area contributed by atoms with E-state index in [0.717, 1.165) is 19.4 Å². The van der Waals surface area contributed by atoms with Gasteiger partial charge in [-0.05, 0) is 38.8 Å². The van der Waals surface area contributed by atoms with Gasteiger partial charge < -0.3 is 15.4 Å². The molecule has 1 saturated heterocycles. The lowest BCUT2D eigenvalue weighted by Crippen LogP contribution is -2.39. The molecule has 1 aromatic carbocycles. The van der Waals surface area contributed by atoms with E-state index in [-0.39, 0.29) is 23.5 Å². The molecule has 0 unspecified atom stereocenters. The second-order valence-corrected chi connectivity index (χ2v) is 6.97. The monoisotopic (exact) mass is 368 g/mol. The van der Waals surface area contributed by atoms with E-state index in [0.29, 0.717) is 23.7 Å². The Hall–Kier alpha value is -2.96. The van der Waals surface area contributed by atoms with Crippen LogP contribution >= 0.6 is 0 Å². The van der Waals surface area contributed by atoms with Crippen molar-refractivity contribution >= 4 is 17.5 Å². The number of carbonyl (C=O) groups is 2. The van der Waals surface area contributed by atoms with Gasteiger partial charge in [0.1, 0.15) is 17.3 Å². The topological polar surface area (TPSA) is 98.4 Å². The summed E-state index contributed by atoms with van der Waals surface area (Å²) in [5.74, 6) is 0.597. The maximum atomic E-state index is 13.0.